The highest BCUT2D eigenvalue weighted by Gasteiger charge is 2.03. The van der Waals surface area contributed by atoms with E-state index in [0.717, 1.165) is 12.5 Å². The largest absolute Gasteiger partial charge is 0.380 e. The molecule has 0 aromatic heterocycles. The third-order valence-electron chi connectivity index (χ3n) is 1.12. The van der Waals surface area contributed by atoms with E-state index in [1.807, 2.05) is 6.92 Å². The highest BCUT2D eigenvalue weighted by molar-refractivity contribution is 5.99. The predicted octanol–water partition coefficient (Wildman–Crippen LogP) is -1.16. The van der Waals surface area contributed by atoms with Crippen LogP contribution in [-0.2, 0) is 9.59 Å². The number of nitrogens with one attached hydrogen (secondary N) is 1. The topological polar surface area (TPSA) is 98.2 Å². The van der Waals surface area contributed by atoms with Gasteiger partial charge in [0.05, 0.1) is 0 Å². The molecular weight excluding hydrogens is 158 g/mol. The Kier molecular flexibility index (Phi) is 4.52. The van der Waals surface area contributed by atoms with Crippen molar-refractivity contribution >= 4 is 11.8 Å². The molecule has 0 saturated heterocycles. The van der Waals surface area contributed by atoms with Gasteiger partial charge in [0, 0.05) is 12.6 Å². The fourth-order valence-corrected chi connectivity index (χ4v) is 0.611. The molecule has 0 saturated carbocycles. The third kappa shape index (κ3) is 4.32. The van der Waals surface area contributed by atoms with Crippen LogP contribution in [0.4, 0.5) is 0 Å². The molecule has 0 aliphatic heterocycles. The first kappa shape index (κ1) is 10.5. The lowest BCUT2D eigenvalue weighted by Crippen LogP contribution is -2.28. The maximum absolute atomic E-state index is 10.6. The summed E-state index contributed by atoms with van der Waals surface area (Å²) in [6.45, 7) is 2.51. The zero-order chi connectivity index (χ0) is 9.56. The van der Waals surface area contributed by atoms with Crippen molar-refractivity contribution in [1.29, 1.82) is 0 Å². The van der Waals surface area contributed by atoms with Crippen LogP contribution < -0.4 is 16.8 Å². The van der Waals surface area contributed by atoms with Crippen molar-refractivity contribution in [2.45, 2.75) is 13.3 Å². The molecule has 0 unspecified atom stereocenters. The van der Waals surface area contributed by atoms with Crippen molar-refractivity contribution < 1.29 is 9.59 Å². The number of nitrogens with two attached hydrogens (primary N) is 2. The van der Waals surface area contributed by atoms with E-state index in [9.17, 15) is 9.59 Å². The summed E-state index contributed by atoms with van der Waals surface area (Å²) >= 11 is 0. The third-order valence-corrected chi connectivity index (χ3v) is 1.12. The Balaban J connectivity index is 4.23. The molecule has 0 heterocycles. The molecule has 0 aromatic rings. The van der Waals surface area contributed by atoms with Gasteiger partial charge in [-0.25, -0.2) is 0 Å². The summed E-state index contributed by atoms with van der Waals surface area (Å²) in [5, 5.41) is 2.69. The average molecular weight is 171 g/mol. The zero-order valence-electron chi connectivity index (χ0n) is 6.96. The van der Waals surface area contributed by atoms with Crippen LogP contribution in [0, 0.1) is 0 Å². The summed E-state index contributed by atoms with van der Waals surface area (Å²) in [5.41, 5.74) is 9.85. The number of amides is 2. The number of carbonyl (C=O) groups excluding carboxylic acids is 2. The molecule has 12 heavy (non-hydrogen) atoms. The molecule has 0 aliphatic rings. The van der Waals surface area contributed by atoms with Gasteiger partial charge in [-0.2, -0.15) is 0 Å². The summed E-state index contributed by atoms with van der Waals surface area (Å²) in [7, 11) is 0. The Morgan fingerprint density at radius 1 is 1.42 bits per heavy atom. The van der Waals surface area contributed by atoms with Gasteiger partial charge in [0.25, 0.3) is 5.91 Å². The molecule has 0 spiro atoms. The van der Waals surface area contributed by atoms with Gasteiger partial charge >= 0.3 is 0 Å². The molecule has 0 atom stereocenters. The van der Waals surface area contributed by atoms with Crippen LogP contribution in [0.5, 0.6) is 0 Å². The second-order valence-corrected chi connectivity index (χ2v) is 2.25. The molecule has 2 amide bonds. The highest BCUT2D eigenvalue weighted by Crippen LogP contribution is 1.87. The monoisotopic (exact) mass is 171 g/mol. The van der Waals surface area contributed by atoms with Gasteiger partial charge in [0.2, 0.25) is 5.91 Å². The summed E-state index contributed by atoms with van der Waals surface area (Å²) in [5.74, 6) is -1.37. The van der Waals surface area contributed by atoms with Gasteiger partial charge in [-0.1, -0.05) is 6.92 Å². The van der Waals surface area contributed by atoms with Crippen LogP contribution in [0.2, 0.25) is 0 Å². The van der Waals surface area contributed by atoms with Crippen molar-refractivity contribution in [3.8, 4) is 0 Å². The van der Waals surface area contributed by atoms with Gasteiger partial charge in [0.1, 0.15) is 5.70 Å². The molecule has 68 valence electrons. The van der Waals surface area contributed by atoms with Gasteiger partial charge in [-0.05, 0) is 6.42 Å². The Labute approximate surface area is 70.8 Å². The number of hydrogen-bond donors (Lipinski definition) is 3. The number of hydrogen-bond acceptors (Lipinski definition) is 3. The maximum atomic E-state index is 10.6. The Hall–Kier alpha value is -1.52. The van der Waals surface area contributed by atoms with Gasteiger partial charge in [-0.3, -0.25) is 9.59 Å². The summed E-state index contributed by atoms with van der Waals surface area (Å²) in [6.07, 6.45) is 1.82. The van der Waals surface area contributed by atoms with Crippen molar-refractivity contribution in [3.05, 3.63) is 11.8 Å². The van der Waals surface area contributed by atoms with Crippen LogP contribution in [0.1, 0.15) is 13.3 Å². The van der Waals surface area contributed by atoms with E-state index in [1.54, 1.807) is 0 Å². The minimum Gasteiger partial charge on any atom is -0.380 e. The normalized spacial score (nSPS) is 10.9. The highest BCUT2D eigenvalue weighted by atomic mass is 16.2. The first-order valence-electron chi connectivity index (χ1n) is 3.62. The maximum Gasteiger partial charge on any atom is 0.264 e. The minimum absolute atomic E-state index is 0.0596. The summed E-state index contributed by atoms with van der Waals surface area (Å²) in [6, 6.07) is 0. The standard InChI is InChI=1S/C7H13N3O2/c1-2-3-10-5(7(9)12)4-6(8)11/h4,10H,2-3H2,1H3,(H2,8,11)(H2,9,12)/b5-4+. The summed E-state index contributed by atoms with van der Waals surface area (Å²) < 4.78 is 0. The smallest absolute Gasteiger partial charge is 0.264 e. The van der Waals surface area contributed by atoms with Crippen molar-refractivity contribution in [1.82, 2.24) is 5.32 Å². The first-order valence-corrected chi connectivity index (χ1v) is 3.62. The van der Waals surface area contributed by atoms with Crippen LogP contribution in [0.3, 0.4) is 0 Å². The van der Waals surface area contributed by atoms with Crippen LogP contribution in [-0.4, -0.2) is 18.4 Å². The molecule has 0 aromatic carbocycles. The van der Waals surface area contributed by atoms with E-state index in [2.05, 4.69) is 5.32 Å². The molecular formula is C7H13N3O2. The van der Waals surface area contributed by atoms with Gasteiger partial charge < -0.3 is 16.8 Å². The van der Waals surface area contributed by atoms with E-state index in [0.29, 0.717) is 6.54 Å². The lowest BCUT2D eigenvalue weighted by atomic mass is 10.3. The van der Waals surface area contributed by atoms with Gasteiger partial charge in [0.15, 0.2) is 0 Å². The zero-order valence-corrected chi connectivity index (χ0v) is 6.96. The van der Waals surface area contributed by atoms with Crippen LogP contribution in [0.25, 0.3) is 0 Å². The lowest BCUT2D eigenvalue weighted by molar-refractivity contribution is -0.116. The van der Waals surface area contributed by atoms with Crippen LogP contribution >= 0.6 is 0 Å². The molecule has 0 radical (unpaired) electrons. The van der Waals surface area contributed by atoms with E-state index in [1.165, 1.54) is 0 Å². The fraction of sp³-hybridized carbons (Fsp3) is 0.429. The van der Waals surface area contributed by atoms with E-state index in [4.69, 9.17) is 11.5 Å². The van der Waals surface area contributed by atoms with Crippen molar-refractivity contribution in [2.75, 3.05) is 6.54 Å². The minimum atomic E-state index is -0.688. The average Bonchev–Trinajstić information content (AvgIpc) is 1.96. The van der Waals surface area contributed by atoms with E-state index >= 15 is 0 Å². The van der Waals surface area contributed by atoms with Crippen molar-refractivity contribution in [3.63, 3.8) is 0 Å². The summed E-state index contributed by atoms with van der Waals surface area (Å²) in [4.78, 5) is 21.0. The Bertz CT molecular complexity index is 211. The predicted molar refractivity (Wildman–Crippen MR) is 44.8 cm³/mol. The molecule has 5 nitrogen and oxygen atoms in total. The fourth-order valence-electron chi connectivity index (χ4n) is 0.611. The number of primary amides is 2. The van der Waals surface area contributed by atoms with E-state index in [-0.39, 0.29) is 5.70 Å². The van der Waals surface area contributed by atoms with Gasteiger partial charge in [-0.15, -0.1) is 0 Å². The molecule has 0 fully saturated rings. The molecule has 5 heteroatoms. The molecule has 5 N–H and O–H groups in total. The Morgan fingerprint density at radius 3 is 2.33 bits per heavy atom. The quantitative estimate of drug-likeness (QED) is 0.455. The number of carbonyl (C=O) groups is 2. The second-order valence-electron chi connectivity index (χ2n) is 2.25. The Morgan fingerprint density at radius 2 is 2.00 bits per heavy atom. The van der Waals surface area contributed by atoms with Crippen LogP contribution in [0.15, 0.2) is 11.8 Å². The second kappa shape index (κ2) is 5.17. The molecule has 0 rings (SSSR count). The first-order chi connectivity index (χ1) is 5.57. The number of rotatable bonds is 5. The SMILES string of the molecule is CCCN/C(=C/C(N)=O)C(N)=O. The van der Waals surface area contributed by atoms with E-state index < -0.39 is 11.8 Å². The lowest BCUT2D eigenvalue weighted by Gasteiger charge is -2.04. The molecule has 0 aliphatic carbocycles. The van der Waals surface area contributed by atoms with Crippen molar-refractivity contribution in [2.24, 2.45) is 11.5 Å². The molecule has 0 bridgehead atoms.